The molecular formula is C22H20N2O6S. The number of hydrogen-bond acceptors (Lipinski definition) is 7. The Hall–Kier alpha value is -3.85. The minimum Gasteiger partial charge on any atom is -0.497 e. The average Bonchev–Trinajstić information content (AvgIpc) is 2.80. The number of esters is 1. The predicted octanol–water partition coefficient (Wildman–Crippen LogP) is 3.24. The van der Waals surface area contributed by atoms with E-state index in [0.717, 1.165) is 0 Å². The van der Waals surface area contributed by atoms with Crippen LogP contribution in [0, 0.1) is 0 Å². The number of ether oxygens (including phenoxy) is 3. The van der Waals surface area contributed by atoms with Crippen molar-refractivity contribution in [3.63, 3.8) is 0 Å². The molecule has 0 unspecified atom stereocenters. The zero-order valence-electron chi connectivity index (χ0n) is 16.8. The van der Waals surface area contributed by atoms with Gasteiger partial charge in [0, 0.05) is 0 Å². The maximum Gasteiger partial charge on any atom is 0.343 e. The second-order valence-corrected chi connectivity index (χ2v) is 7.86. The maximum absolute atomic E-state index is 12.5. The highest BCUT2D eigenvalue weighted by Gasteiger charge is 2.14. The highest BCUT2D eigenvalue weighted by molar-refractivity contribution is 7.89. The average molecular weight is 440 g/mol. The van der Waals surface area contributed by atoms with Gasteiger partial charge < -0.3 is 14.2 Å². The van der Waals surface area contributed by atoms with Gasteiger partial charge in [0.15, 0.2) is 11.5 Å². The highest BCUT2D eigenvalue weighted by atomic mass is 32.2. The molecule has 3 aromatic carbocycles. The van der Waals surface area contributed by atoms with Gasteiger partial charge in [0.25, 0.3) is 10.0 Å². The molecule has 0 saturated carbocycles. The lowest BCUT2D eigenvalue weighted by atomic mass is 10.2. The van der Waals surface area contributed by atoms with Crippen molar-refractivity contribution in [1.29, 1.82) is 0 Å². The summed E-state index contributed by atoms with van der Waals surface area (Å²) in [6.07, 6.45) is 1.30. The molecule has 31 heavy (non-hydrogen) atoms. The molecule has 0 fully saturated rings. The fraction of sp³-hybridized carbons (Fsp3) is 0.0909. The summed E-state index contributed by atoms with van der Waals surface area (Å²) >= 11 is 0. The second-order valence-electron chi connectivity index (χ2n) is 6.19. The molecule has 0 amide bonds. The molecule has 0 heterocycles. The molecule has 0 saturated heterocycles. The summed E-state index contributed by atoms with van der Waals surface area (Å²) in [5, 5.41) is 3.78. The smallest absolute Gasteiger partial charge is 0.343 e. The van der Waals surface area contributed by atoms with Gasteiger partial charge in [-0.1, -0.05) is 18.2 Å². The van der Waals surface area contributed by atoms with E-state index in [-0.39, 0.29) is 10.6 Å². The van der Waals surface area contributed by atoms with Gasteiger partial charge in [-0.2, -0.15) is 13.5 Å². The quantitative estimate of drug-likeness (QED) is 0.250. The minimum atomic E-state index is -3.78. The monoisotopic (exact) mass is 440 g/mol. The summed E-state index contributed by atoms with van der Waals surface area (Å²) in [5.41, 5.74) is 0.826. The topological polar surface area (TPSA) is 103 Å². The molecule has 0 radical (unpaired) electrons. The van der Waals surface area contributed by atoms with Gasteiger partial charge in [0.05, 0.1) is 30.9 Å². The third kappa shape index (κ3) is 5.61. The molecule has 0 aliphatic rings. The van der Waals surface area contributed by atoms with Crippen molar-refractivity contribution in [2.45, 2.75) is 4.90 Å². The van der Waals surface area contributed by atoms with Gasteiger partial charge in [-0.3, -0.25) is 0 Å². The molecule has 0 aromatic heterocycles. The molecule has 3 rings (SSSR count). The van der Waals surface area contributed by atoms with Crippen LogP contribution < -0.4 is 19.0 Å². The van der Waals surface area contributed by atoms with Crippen molar-refractivity contribution in [2.75, 3.05) is 14.2 Å². The first kappa shape index (κ1) is 21.8. The van der Waals surface area contributed by atoms with Crippen LogP contribution in [0.4, 0.5) is 0 Å². The molecule has 3 aromatic rings. The predicted molar refractivity (Wildman–Crippen MR) is 115 cm³/mol. The largest absolute Gasteiger partial charge is 0.497 e. The van der Waals surface area contributed by atoms with E-state index >= 15 is 0 Å². The van der Waals surface area contributed by atoms with Crippen LogP contribution >= 0.6 is 0 Å². The molecule has 9 heteroatoms. The number of nitrogens with one attached hydrogen (secondary N) is 1. The zero-order chi connectivity index (χ0) is 22.3. The molecule has 8 nitrogen and oxygen atoms in total. The summed E-state index contributed by atoms with van der Waals surface area (Å²) in [4.78, 5) is 14.7. The van der Waals surface area contributed by atoms with Gasteiger partial charge in [-0.15, -0.1) is 0 Å². The van der Waals surface area contributed by atoms with E-state index in [4.69, 9.17) is 14.2 Å². The molecule has 1 N–H and O–H groups in total. The fourth-order valence-electron chi connectivity index (χ4n) is 2.56. The van der Waals surface area contributed by atoms with Gasteiger partial charge in [-0.25, -0.2) is 9.63 Å². The maximum atomic E-state index is 12.5. The number of methoxy groups -OCH3 is 2. The molecular weight excluding hydrogens is 420 g/mol. The number of benzene rings is 3. The molecule has 0 aliphatic heterocycles. The number of hydrazone groups is 1. The standard InChI is InChI=1S/C22H20N2O6S/c1-28-18-11-9-17(10-12-18)22(25)30-21-14-16(8-13-20(21)29-2)15-23-24-31(26,27)19-6-4-3-5-7-19/h3-15,24H,1-2H3/b23-15-. The van der Waals surface area contributed by atoms with Crippen LogP contribution in [0.1, 0.15) is 15.9 Å². The van der Waals surface area contributed by atoms with Crippen molar-refractivity contribution in [3.05, 3.63) is 83.9 Å². The Balaban J connectivity index is 1.75. The van der Waals surface area contributed by atoms with Crippen molar-refractivity contribution < 1.29 is 27.4 Å². The van der Waals surface area contributed by atoms with E-state index < -0.39 is 16.0 Å². The highest BCUT2D eigenvalue weighted by Crippen LogP contribution is 2.28. The fourth-order valence-corrected chi connectivity index (χ4v) is 3.37. The minimum absolute atomic E-state index is 0.0935. The SMILES string of the molecule is COc1ccc(C(=O)Oc2cc(/C=N\NS(=O)(=O)c3ccccc3)ccc2OC)cc1. The second kappa shape index (κ2) is 9.77. The lowest BCUT2D eigenvalue weighted by molar-refractivity contribution is 0.0729. The van der Waals surface area contributed by atoms with E-state index in [2.05, 4.69) is 9.93 Å². The van der Waals surface area contributed by atoms with Crippen LogP contribution in [-0.4, -0.2) is 34.8 Å². The third-order valence-electron chi connectivity index (χ3n) is 4.16. The van der Waals surface area contributed by atoms with Gasteiger partial charge >= 0.3 is 5.97 Å². The summed E-state index contributed by atoms with van der Waals surface area (Å²) in [5.74, 6) is 0.534. The van der Waals surface area contributed by atoms with Crippen molar-refractivity contribution in [2.24, 2.45) is 5.10 Å². The number of rotatable bonds is 8. The molecule has 0 atom stereocenters. The van der Waals surface area contributed by atoms with Crippen LogP contribution in [0.15, 0.2) is 82.8 Å². The lowest BCUT2D eigenvalue weighted by Crippen LogP contribution is -2.18. The number of hydrogen-bond donors (Lipinski definition) is 1. The van der Waals surface area contributed by atoms with Gasteiger partial charge in [0.1, 0.15) is 5.75 Å². The molecule has 0 aliphatic carbocycles. The van der Waals surface area contributed by atoms with E-state index in [1.54, 1.807) is 54.6 Å². The molecule has 0 spiro atoms. The first-order chi connectivity index (χ1) is 14.9. The number of nitrogens with zero attached hydrogens (tertiary/aromatic N) is 1. The van der Waals surface area contributed by atoms with Crippen LogP contribution in [0.2, 0.25) is 0 Å². The normalized spacial score (nSPS) is 11.2. The van der Waals surface area contributed by atoms with Crippen LogP contribution in [0.3, 0.4) is 0 Å². The molecule has 0 bridgehead atoms. The summed E-state index contributed by atoms with van der Waals surface area (Å²) in [6.45, 7) is 0. The summed E-state index contributed by atoms with van der Waals surface area (Å²) < 4.78 is 40.2. The van der Waals surface area contributed by atoms with E-state index in [1.165, 1.54) is 38.6 Å². The Kier molecular flexibility index (Phi) is 6.88. The number of carbonyl (C=O) groups is 1. The van der Waals surface area contributed by atoms with Crippen molar-refractivity contribution >= 4 is 22.2 Å². The Morgan fingerprint density at radius 1 is 0.903 bits per heavy atom. The number of carbonyl (C=O) groups excluding carboxylic acids is 1. The van der Waals surface area contributed by atoms with Crippen molar-refractivity contribution in [3.8, 4) is 17.2 Å². The summed E-state index contributed by atoms with van der Waals surface area (Å²) in [6, 6.07) is 19.1. The third-order valence-corrected chi connectivity index (χ3v) is 5.39. The Morgan fingerprint density at radius 2 is 1.61 bits per heavy atom. The van der Waals surface area contributed by atoms with Crippen LogP contribution in [-0.2, 0) is 10.0 Å². The van der Waals surface area contributed by atoms with Crippen molar-refractivity contribution in [1.82, 2.24) is 4.83 Å². The zero-order valence-corrected chi connectivity index (χ0v) is 17.6. The van der Waals surface area contributed by atoms with E-state index in [0.29, 0.717) is 22.6 Å². The van der Waals surface area contributed by atoms with Gasteiger partial charge in [-0.05, 0) is 60.2 Å². The van der Waals surface area contributed by atoms with Gasteiger partial charge in [0.2, 0.25) is 0 Å². The Bertz CT molecular complexity index is 1180. The number of sulfonamides is 1. The van der Waals surface area contributed by atoms with Crippen LogP contribution in [0.25, 0.3) is 0 Å². The van der Waals surface area contributed by atoms with Crippen LogP contribution in [0.5, 0.6) is 17.2 Å². The first-order valence-corrected chi connectivity index (χ1v) is 10.6. The Labute approximate surface area is 180 Å². The Morgan fingerprint density at radius 3 is 2.26 bits per heavy atom. The van der Waals surface area contributed by atoms with E-state index in [1.807, 2.05) is 0 Å². The summed E-state index contributed by atoms with van der Waals surface area (Å²) in [7, 11) is -0.803. The first-order valence-electron chi connectivity index (χ1n) is 9.07. The lowest BCUT2D eigenvalue weighted by Gasteiger charge is -2.10. The molecule has 160 valence electrons. The van der Waals surface area contributed by atoms with E-state index in [9.17, 15) is 13.2 Å².